The Hall–Kier alpha value is -7.05. The molecule has 7 aromatic rings. The molecule has 1 aromatic heterocycles. The highest BCUT2D eigenvalue weighted by atomic mass is 16.2. The minimum absolute atomic E-state index is 0.0217. The maximum Gasteiger partial charge on any atom is 0.255 e. The van der Waals surface area contributed by atoms with E-state index >= 15 is 0 Å². The van der Waals surface area contributed by atoms with E-state index in [9.17, 15) is 19.2 Å². The predicted molar refractivity (Wildman–Crippen MR) is 239 cm³/mol. The number of hydrogen-bond acceptors (Lipinski definition) is 5. The van der Waals surface area contributed by atoms with Gasteiger partial charge in [-0.3, -0.25) is 24.2 Å². The van der Waals surface area contributed by atoms with Gasteiger partial charge in [0.1, 0.15) is 0 Å². The molecule has 1 heterocycles. The lowest BCUT2D eigenvalue weighted by atomic mass is 9.98. The minimum Gasteiger partial charge on any atom is -0.322 e. The smallest absolute Gasteiger partial charge is 0.255 e. The molecule has 0 unspecified atom stereocenters. The van der Waals surface area contributed by atoms with Gasteiger partial charge in [-0.15, -0.1) is 0 Å². The van der Waals surface area contributed by atoms with Crippen molar-refractivity contribution in [2.75, 3.05) is 5.32 Å². The van der Waals surface area contributed by atoms with Gasteiger partial charge < -0.3 is 5.32 Å². The van der Waals surface area contributed by atoms with Crippen molar-refractivity contribution in [2.45, 2.75) is 52.9 Å². The third-order valence-electron chi connectivity index (χ3n) is 9.59. The standard InChI is InChI=1S/C22H19NO2.C16H16O.C15H15NO/c1-2-16-7-6-10-20(15-16)23-22(25)19-13-11-18(12-14-19)21(24)17-8-4-3-5-9-17;1-12(2)13-8-10-15(11-9-13)16(17)14-6-4-3-5-7-14;1-11(2)14-9-8-13(10-16-14)15(17)12-6-4-3-5-7-12/h3-15H,2H2,1H3,(H,23,25);3-12H,1-2H3;3-11H,1-2H3. The first kappa shape index (κ1) is 43.1. The maximum absolute atomic E-state index is 12.4. The van der Waals surface area contributed by atoms with Crippen molar-refractivity contribution < 1.29 is 19.2 Å². The molecule has 0 radical (unpaired) electrons. The Bertz CT molecular complexity index is 2320. The molecule has 296 valence electrons. The second kappa shape index (κ2) is 21.5. The molecule has 1 amide bonds. The van der Waals surface area contributed by atoms with Crippen molar-refractivity contribution in [2.24, 2.45) is 0 Å². The molecular weight excluding hydrogens is 729 g/mol. The summed E-state index contributed by atoms with van der Waals surface area (Å²) in [5.41, 5.74) is 8.76. The van der Waals surface area contributed by atoms with Crippen LogP contribution in [-0.4, -0.2) is 28.2 Å². The van der Waals surface area contributed by atoms with Crippen LogP contribution >= 0.6 is 0 Å². The molecule has 0 saturated carbocycles. The van der Waals surface area contributed by atoms with Gasteiger partial charge >= 0.3 is 0 Å². The number of pyridine rings is 1. The number of amides is 1. The van der Waals surface area contributed by atoms with Crippen LogP contribution in [0.4, 0.5) is 5.69 Å². The lowest BCUT2D eigenvalue weighted by molar-refractivity contribution is 0.101. The van der Waals surface area contributed by atoms with Crippen LogP contribution in [0.15, 0.2) is 182 Å². The average molecular weight is 779 g/mol. The normalized spacial score (nSPS) is 10.4. The number of rotatable bonds is 11. The van der Waals surface area contributed by atoms with Gasteiger partial charge in [0.25, 0.3) is 5.91 Å². The molecule has 6 aromatic carbocycles. The summed E-state index contributed by atoms with van der Waals surface area (Å²) in [6.07, 6.45) is 2.57. The van der Waals surface area contributed by atoms with Crippen LogP contribution in [0.3, 0.4) is 0 Å². The summed E-state index contributed by atoms with van der Waals surface area (Å²) in [6, 6.07) is 53.9. The molecule has 0 bridgehead atoms. The molecule has 0 saturated heterocycles. The highest BCUT2D eigenvalue weighted by Gasteiger charge is 2.12. The summed E-state index contributed by atoms with van der Waals surface area (Å²) in [5, 5.41) is 2.89. The van der Waals surface area contributed by atoms with Crippen molar-refractivity contribution in [1.82, 2.24) is 4.98 Å². The van der Waals surface area contributed by atoms with Crippen LogP contribution in [0.1, 0.15) is 121 Å². The van der Waals surface area contributed by atoms with Crippen molar-refractivity contribution >= 4 is 28.9 Å². The van der Waals surface area contributed by atoms with E-state index in [4.69, 9.17) is 0 Å². The maximum atomic E-state index is 12.4. The molecule has 0 spiro atoms. The van der Waals surface area contributed by atoms with Gasteiger partial charge in [-0.2, -0.15) is 0 Å². The molecule has 59 heavy (non-hydrogen) atoms. The highest BCUT2D eigenvalue weighted by Crippen LogP contribution is 2.18. The zero-order valence-corrected chi connectivity index (χ0v) is 34.3. The number of hydrogen-bond donors (Lipinski definition) is 1. The summed E-state index contributed by atoms with van der Waals surface area (Å²) in [7, 11) is 0. The Labute approximate surface area is 348 Å². The Morgan fingerprint density at radius 3 is 1.31 bits per heavy atom. The van der Waals surface area contributed by atoms with Crippen molar-refractivity contribution in [3.05, 3.63) is 238 Å². The molecule has 6 heteroatoms. The molecule has 0 fully saturated rings. The summed E-state index contributed by atoms with van der Waals surface area (Å²) < 4.78 is 0. The van der Waals surface area contributed by atoms with Gasteiger partial charge in [0.05, 0.1) is 0 Å². The first-order valence-electron chi connectivity index (χ1n) is 19.9. The van der Waals surface area contributed by atoms with E-state index in [0.717, 1.165) is 28.9 Å². The van der Waals surface area contributed by atoms with E-state index in [1.54, 1.807) is 42.6 Å². The fourth-order valence-electron chi connectivity index (χ4n) is 6.01. The zero-order chi connectivity index (χ0) is 42.1. The number of carbonyl (C=O) groups is 4. The van der Waals surface area contributed by atoms with Crippen LogP contribution in [0.25, 0.3) is 0 Å². The van der Waals surface area contributed by atoms with Gasteiger partial charge in [0.2, 0.25) is 0 Å². The van der Waals surface area contributed by atoms with Gasteiger partial charge in [-0.25, -0.2) is 0 Å². The fraction of sp³-hybridized carbons (Fsp3) is 0.151. The second-order valence-electron chi connectivity index (χ2n) is 14.6. The van der Waals surface area contributed by atoms with E-state index in [-0.39, 0.29) is 23.3 Å². The van der Waals surface area contributed by atoms with Crippen LogP contribution in [0.2, 0.25) is 0 Å². The Kier molecular flexibility index (Phi) is 15.7. The Morgan fingerprint density at radius 1 is 0.458 bits per heavy atom. The lowest BCUT2D eigenvalue weighted by Gasteiger charge is -2.07. The minimum atomic E-state index is -0.188. The number of nitrogens with zero attached hydrogens (tertiary/aromatic N) is 1. The number of benzene rings is 6. The van der Waals surface area contributed by atoms with Gasteiger partial charge in [0.15, 0.2) is 17.3 Å². The number of carbonyl (C=O) groups excluding carboxylic acids is 4. The molecule has 0 atom stereocenters. The third-order valence-corrected chi connectivity index (χ3v) is 9.59. The van der Waals surface area contributed by atoms with Crippen molar-refractivity contribution in [3.63, 3.8) is 0 Å². The van der Waals surface area contributed by atoms with Gasteiger partial charge in [-0.05, 0) is 65.8 Å². The first-order chi connectivity index (χ1) is 28.5. The Balaban J connectivity index is 0.000000173. The largest absolute Gasteiger partial charge is 0.322 e. The van der Waals surface area contributed by atoms with Gasteiger partial charge in [-0.1, -0.05) is 174 Å². The fourth-order valence-corrected chi connectivity index (χ4v) is 6.01. The molecular formula is C53H50N2O4. The lowest BCUT2D eigenvalue weighted by Crippen LogP contribution is -2.12. The van der Waals surface area contributed by atoms with E-state index in [1.165, 1.54) is 11.1 Å². The number of ketones is 3. The second-order valence-corrected chi connectivity index (χ2v) is 14.6. The Morgan fingerprint density at radius 2 is 0.881 bits per heavy atom. The quantitative estimate of drug-likeness (QED) is 0.132. The number of aryl methyl sites for hydroxylation is 1. The molecule has 1 N–H and O–H groups in total. The molecule has 0 aliphatic heterocycles. The number of aromatic nitrogens is 1. The van der Waals surface area contributed by atoms with E-state index in [0.29, 0.717) is 39.7 Å². The summed E-state index contributed by atoms with van der Waals surface area (Å²) in [4.78, 5) is 53.3. The third kappa shape index (κ3) is 12.5. The molecule has 0 aliphatic rings. The summed E-state index contributed by atoms with van der Waals surface area (Å²) >= 11 is 0. The summed E-state index contributed by atoms with van der Waals surface area (Å²) in [5.74, 6) is 0.747. The summed E-state index contributed by atoms with van der Waals surface area (Å²) in [6.45, 7) is 10.5. The van der Waals surface area contributed by atoms with E-state index in [1.807, 2.05) is 140 Å². The molecule has 7 rings (SSSR count). The average Bonchev–Trinajstić information content (AvgIpc) is 3.29. The molecule has 0 aliphatic carbocycles. The van der Waals surface area contributed by atoms with Crippen LogP contribution in [-0.2, 0) is 6.42 Å². The zero-order valence-electron chi connectivity index (χ0n) is 34.3. The van der Waals surface area contributed by atoms with E-state index < -0.39 is 0 Å². The predicted octanol–water partition coefficient (Wildman–Crippen LogP) is 12.2. The topological polar surface area (TPSA) is 93.2 Å². The SMILES string of the molecule is CC(C)c1ccc(C(=O)c2ccccc2)cc1.CC(C)c1ccc(C(=O)c2ccccc2)cn1.CCc1cccc(NC(=O)c2ccc(C(=O)c3ccccc3)cc2)c1. The number of anilines is 1. The van der Waals surface area contributed by atoms with Crippen molar-refractivity contribution in [3.8, 4) is 0 Å². The first-order valence-corrected chi connectivity index (χ1v) is 19.9. The molecule has 6 nitrogen and oxygen atoms in total. The van der Waals surface area contributed by atoms with E-state index in [2.05, 4.69) is 44.9 Å². The van der Waals surface area contributed by atoms with Gasteiger partial charge in [0, 0.05) is 56.5 Å². The van der Waals surface area contributed by atoms with Crippen molar-refractivity contribution in [1.29, 1.82) is 0 Å². The monoisotopic (exact) mass is 778 g/mol. The van der Waals surface area contributed by atoms with Crippen LogP contribution in [0, 0.1) is 0 Å². The number of nitrogens with one attached hydrogen (secondary N) is 1. The van der Waals surface area contributed by atoms with Crippen LogP contribution < -0.4 is 5.32 Å². The highest BCUT2D eigenvalue weighted by molar-refractivity contribution is 6.11. The van der Waals surface area contributed by atoms with Crippen LogP contribution in [0.5, 0.6) is 0 Å².